The van der Waals surface area contributed by atoms with Gasteiger partial charge in [0.1, 0.15) is 0 Å². The molecule has 2 rings (SSSR count). The van der Waals surface area contributed by atoms with Crippen molar-refractivity contribution >= 4 is 0 Å². The number of nitrogens with zero attached hydrogens (tertiary/aromatic N) is 1. The summed E-state index contributed by atoms with van der Waals surface area (Å²) in [6.07, 6.45) is 3.82. The van der Waals surface area contributed by atoms with Crippen molar-refractivity contribution in [2.24, 2.45) is 5.92 Å². The first kappa shape index (κ1) is 5.25. The SMILES string of the molecule is N#CC1NC2CC[C@H]1C2. The molecule has 0 aromatic rings. The molecule has 48 valence electrons. The molecule has 0 amide bonds. The highest BCUT2D eigenvalue weighted by Gasteiger charge is 2.38. The second-order valence-electron chi connectivity index (χ2n) is 3.04. The summed E-state index contributed by atoms with van der Waals surface area (Å²) < 4.78 is 0. The number of fused-ring (bicyclic) bond motifs is 2. The molecule has 0 aromatic carbocycles. The zero-order valence-electron chi connectivity index (χ0n) is 5.30. The maximum atomic E-state index is 8.58. The van der Waals surface area contributed by atoms with Gasteiger partial charge in [-0.3, -0.25) is 5.32 Å². The Kier molecular flexibility index (Phi) is 1.000. The molecule has 1 saturated carbocycles. The van der Waals surface area contributed by atoms with E-state index in [-0.39, 0.29) is 6.04 Å². The smallest absolute Gasteiger partial charge is 0.0984 e. The summed E-state index contributed by atoms with van der Waals surface area (Å²) in [6.45, 7) is 0. The van der Waals surface area contributed by atoms with Crippen LogP contribution in [0.3, 0.4) is 0 Å². The van der Waals surface area contributed by atoms with Crippen molar-refractivity contribution in [3.05, 3.63) is 0 Å². The number of hydrogen-bond acceptors (Lipinski definition) is 2. The molecule has 1 heterocycles. The molecule has 2 fully saturated rings. The fourth-order valence-corrected chi connectivity index (χ4v) is 2.00. The number of nitriles is 1. The lowest BCUT2D eigenvalue weighted by molar-refractivity contribution is 0.443. The van der Waals surface area contributed by atoms with Crippen LogP contribution in [-0.2, 0) is 0 Å². The zero-order valence-corrected chi connectivity index (χ0v) is 5.30. The van der Waals surface area contributed by atoms with Gasteiger partial charge in [-0.15, -0.1) is 0 Å². The Balaban J connectivity index is 2.12. The highest BCUT2D eigenvalue weighted by molar-refractivity contribution is 5.06. The topological polar surface area (TPSA) is 35.8 Å². The minimum Gasteiger partial charge on any atom is -0.299 e. The van der Waals surface area contributed by atoms with Crippen LogP contribution in [0.5, 0.6) is 0 Å². The van der Waals surface area contributed by atoms with Crippen LogP contribution in [0.15, 0.2) is 0 Å². The first-order chi connectivity index (χ1) is 4.40. The van der Waals surface area contributed by atoms with Crippen molar-refractivity contribution in [2.75, 3.05) is 0 Å². The van der Waals surface area contributed by atoms with Gasteiger partial charge in [0.05, 0.1) is 12.1 Å². The quantitative estimate of drug-likeness (QED) is 0.512. The second kappa shape index (κ2) is 1.71. The van der Waals surface area contributed by atoms with Gasteiger partial charge >= 0.3 is 0 Å². The molecular formula is C7H10N2. The Morgan fingerprint density at radius 2 is 2.33 bits per heavy atom. The molecule has 1 aliphatic heterocycles. The van der Waals surface area contributed by atoms with Crippen molar-refractivity contribution in [2.45, 2.75) is 31.3 Å². The number of rotatable bonds is 0. The molecule has 3 atom stereocenters. The van der Waals surface area contributed by atoms with Crippen molar-refractivity contribution in [3.8, 4) is 6.07 Å². The van der Waals surface area contributed by atoms with E-state index in [0.717, 1.165) is 0 Å². The van der Waals surface area contributed by atoms with E-state index >= 15 is 0 Å². The van der Waals surface area contributed by atoms with E-state index in [0.29, 0.717) is 12.0 Å². The molecule has 2 bridgehead atoms. The summed E-state index contributed by atoms with van der Waals surface area (Å²) in [6, 6.07) is 3.15. The summed E-state index contributed by atoms with van der Waals surface area (Å²) in [5.41, 5.74) is 0. The highest BCUT2D eigenvalue weighted by atomic mass is 15.0. The highest BCUT2D eigenvalue weighted by Crippen LogP contribution is 2.34. The van der Waals surface area contributed by atoms with Crippen LogP contribution >= 0.6 is 0 Å². The minimum absolute atomic E-state index is 0.184. The van der Waals surface area contributed by atoms with Crippen molar-refractivity contribution < 1.29 is 0 Å². The first-order valence-electron chi connectivity index (χ1n) is 3.56. The average Bonchev–Trinajstić information content (AvgIpc) is 2.45. The summed E-state index contributed by atoms with van der Waals surface area (Å²) in [7, 11) is 0. The van der Waals surface area contributed by atoms with E-state index in [2.05, 4.69) is 11.4 Å². The zero-order chi connectivity index (χ0) is 6.27. The number of hydrogen-bond donors (Lipinski definition) is 1. The van der Waals surface area contributed by atoms with E-state index in [9.17, 15) is 0 Å². The van der Waals surface area contributed by atoms with Gasteiger partial charge in [0.2, 0.25) is 0 Å². The van der Waals surface area contributed by atoms with Gasteiger partial charge < -0.3 is 0 Å². The molecule has 2 unspecified atom stereocenters. The van der Waals surface area contributed by atoms with E-state index in [4.69, 9.17) is 5.26 Å². The normalized spacial score (nSPS) is 47.2. The fourth-order valence-electron chi connectivity index (χ4n) is 2.00. The molecular weight excluding hydrogens is 112 g/mol. The van der Waals surface area contributed by atoms with Gasteiger partial charge in [-0.1, -0.05) is 0 Å². The number of nitrogens with one attached hydrogen (secondary N) is 1. The third-order valence-electron chi connectivity index (χ3n) is 2.50. The van der Waals surface area contributed by atoms with Gasteiger partial charge in [-0.2, -0.15) is 5.26 Å². The third kappa shape index (κ3) is 0.650. The molecule has 2 heteroatoms. The molecule has 9 heavy (non-hydrogen) atoms. The van der Waals surface area contributed by atoms with Crippen LogP contribution in [0.2, 0.25) is 0 Å². The van der Waals surface area contributed by atoms with Gasteiger partial charge in [-0.25, -0.2) is 0 Å². The molecule has 1 N–H and O–H groups in total. The monoisotopic (exact) mass is 122 g/mol. The van der Waals surface area contributed by atoms with E-state index in [1.165, 1.54) is 19.3 Å². The first-order valence-corrected chi connectivity index (χ1v) is 3.56. The number of piperidine rings is 1. The van der Waals surface area contributed by atoms with Crippen LogP contribution < -0.4 is 5.32 Å². The molecule has 0 spiro atoms. The van der Waals surface area contributed by atoms with Gasteiger partial charge in [0.25, 0.3) is 0 Å². The van der Waals surface area contributed by atoms with Crippen LogP contribution in [-0.4, -0.2) is 12.1 Å². The van der Waals surface area contributed by atoms with Crippen LogP contribution in [0.4, 0.5) is 0 Å². The van der Waals surface area contributed by atoms with Crippen molar-refractivity contribution in [1.29, 1.82) is 5.26 Å². The molecule has 2 aliphatic rings. The van der Waals surface area contributed by atoms with Crippen LogP contribution in [0.1, 0.15) is 19.3 Å². The summed E-state index contributed by atoms with van der Waals surface area (Å²) in [4.78, 5) is 0. The molecule has 0 radical (unpaired) electrons. The van der Waals surface area contributed by atoms with E-state index in [1.54, 1.807) is 0 Å². The summed E-state index contributed by atoms with van der Waals surface area (Å²) in [5, 5.41) is 11.9. The molecule has 2 nitrogen and oxygen atoms in total. The van der Waals surface area contributed by atoms with E-state index < -0.39 is 0 Å². The Hall–Kier alpha value is -0.550. The van der Waals surface area contributed by atoms with Gasteiger partial charge in [0.15, 0.2) is 0 Å². The molecule has 0 aromatic heterocycles. The molecule has 1 aliphatic carbocycles. The van der Waals surface area contributed by atoms with Crippen LogP contribution in [0.25, 0.3) is 0 Å². The van der Waals surface area contributed by atoms with E-state index in [1.807, 2.05) is 0 Å². The van der Waals surface area contributed by atoms with Crippen molar-refractivity contribution in [3.63, 3.8) is 0 Å². The van der Waals surface area contributed by atoms with Crippen molar-refractivity contribution in [1.82, 2.24) is 5.32 Å². The van der Waals surface area contributed by atoms with Crippen LogP contribution in [0, 0.1) is 17.2 Å². The Morgan fingerprint density at radius 3 is 2.67 bits per heavy atom. The Labute approximate surface area is 54.9 Å². The maximum absolute atomic E-state index is 8.58. The second-order valence-corrected chi connectivity index (χ2v) is 3.04. The Morgan fingerprint density at radius 1 is 1.44 bits per heavy atom. The van der Waals surface area contributed by atoms with Gasteiger partial charge in [-0.05, 0) is 25.2 Å². The molecule has 1 saturated heterocycles. The summed E-state index contributed by atoms with van der Waals surface area (Å²) in [5.74, 6) is 0.681. The average molecular weight is 122 g/mol. The predicted molar refractivity (Wildman–Crippen MR) is 33.7 cm³/mol. The lowest BCUT2D eigenvalue weighted by atomic mass is 10.0. The lowest BCUT2D eigenvalue weighted by Gasteiger charge is -2.15. The minimum atomic E-state index is 0.184. The standard InChI is InChI=1S/C7H10N2/c8-4-7-5-1-2-6(3-5)9-7/h5-7,9H,1-3H2/t5-,6?,7?/m0/s1. The third-order valence-corrected chi connectivity index (χ3v) is 2.50. The largest absolute Gasteiger partial charge is 0.299 e. The predicted octanol–water partition coefficient (Wildman–Crippen LogP) is 0.650. The summed E-state index contributed by atoms with van der Waals surface area (Å²) >= 11 is 0. The fraction of sp³-hybridized carbons (Fsp3) is 0.857. The van der Waals surface area contributed by atoms with Gasteiger partial charge in [0, 0.05) is 6.04 Å². The maximum Gasteiger partial charge on any atom is 0.0984 e. The lowest BCUT2D eigenvalue weighted by Crippen LogP contribution is -2.33. The Bertz CT molecular complexity index is 159.